The molecule has 13 heavy (non-hydrogen) atoms. The zero-order valence-electron chi connectivity index (χ0n) is 8.53. The molecule has 0 bridgehead atoms. The number of ether oxygens (including phenoxy) is 2. The Kier molecular flexibility index (Phi) is 4.66. The van der Waals surface area contributed by atoms with Crippen LogP contribution in [0.3, 0.4) is 0 Å². The Balaban J connectivity index is 2.25. The molecule has 2 atom stereocenters. The van der Waals surface area contributed by atoms with E-state index in [-0.39, 0.29) is 6.10 Å². The molecule has 0 amide bonds. The lowest BCUT2D eigenvalue weighted by Gasteiger charge is -2.26. The highest BCUT2D eigenvalue weighted by molar-refractivity contribution is 4.75. The van der Waals surface area contributed by atoms with Crippen LogP contribution >= 0.6 is 0 Å². The van der Waals surface area contributed by atoms with Crippen LogP contribution in [0.2, 0.25) is 0 Å². The summed E-state index contributed by atoms with van der Waals surface area (Å²) < 4.78 is 10.5. The number of methoxy groups -OCH3 is 1. The summed E-state index contributed by atoms with van der Waals surface area (Å²) in [7, 11) is 3.80. The van der Waals surface area contributed by atoms with Gasteiger partial charge in [0.15, 0.2) is 0 Å². The van der Waals surface area contributed by atoms with Gasteiger partial charge in [-0.15, -0.1) is 0 Å². The van der Waals surface area contributed by atoms with Crippen molar-refractivity contribution in [1.82, 2.24) is 4.90 Å². The Bertz CT molecular complexity index is 134. The van der Waals surface area contributed by atoms with Crippen LogP contribution in [-0.2, 0) is 9.47 Å². The Hall–Kier alpha value is -0.160. The highest BCUT2D eigenvalue weighted by Crippen LogP contribution is 2.10. The predicted molar refractivity (Wildman–Crippen MR) is 51.7 cm³/mol. The van der Waals surface area contributed by atoms with Crippen LogP contribution in [0, 0.1) is 0 Å². The Morgan fingerprint density at radius 2 is 2.46 bits per heavy atom. The van der Waals surface area contributed by atoms with Crippen molar-refractivity contribution in [1.29, 1.82) is 0 Å². The van der Waals surface area contributed by atoms with Gasteiger partial charge < -0.3 is 15.2 Å². The molecule has 4 heteroatoms. The van der Waals surface area contributed by atoms with Crippen LogP contribution in [0.5, 0.6) is 0 Å². The lowest BCUT2D eigenvalue weighted by molar-refractivity contribution is 0.0612. The topological polar surface area (TPSA) is 47.7 Å². The van der Waals surface area contributed by atoms with Gasteiger partial charge in [0.05, 0.1) is 12.7 Å². The lowest BCUT2D eigenvalue weighted by Crippen LogP contribution is -2.41. The van der Waals surface area contributed by atoms with E-state index >= 15 is 0 Å². The number of nitrogens with zero attached hydrogens (tertiary/aromatic N) is 1. The van der Waals surface area contributed by atoms with Crippen LogP contribution < -0.4 is 5.73 Å². The van der Waals surface area contributed by atoms with Crippen molar-refractivity contribution in [2.75, 3.05) is 40.5 Å². The second-order valence-electron chi connectivity index (χ2n) is 3.55. The van der Waals surface area contributed by atoms with E-state index < -0.39 is 0 Å². The van der Waals surface area contributed by atoms with Crippen molar-refractivity contribution in [3.8, 4) is 0 Å². The average molecular weight is 188 g/mol. The van der Waals surface area contributed by atoms with E-state index in [1.165, 1.54) is 0 Å². The minimum absolute atomic E-state index is 0.144. The van der Waals surface area contributed by atoms with Gasteiger partial charge in [0, 0.05) is 32.8 Å². The first-order valence-electron chi connectivity index (χ1n) is 4.78. The van der Waals surface area contributed by atoms with Crippen LogP contribution in [0.15, 0.2) is 0 Å². The fourth-order valence-electron chi connectivity index (χ4n) is 1.59. The molecular formula is C9H20N2O2. The highest BCUT2D eigenvalue weighted by atomic mass is 16.5. The number of nitrogens with two attached hydrogens (primary N) is 1. The van der Waals surface area contributed by atoms with Gasteiger partial charge in [-0.3, -0.25) is 4.90 Å². The second-order valence-corrected chi connectivity index (χ2v) is 3.55. The number of hydrogen-bond acceptors (Lipinski definition) is 4. The van der Waals surface area contributed by atoms with E-state index in [1.54, 1.807) is 7.11 Å². The third-order valence-electron chi connectivity index (χ3n) is 2.62. The van der Waals surface area contributed by atoms with E-state index in [1.807, 2.05) is 0 Å². The Morgan fingerprint density at radius 1 is 1.69 bits per heavy atom. The normalized spacial score (nSPS) is 25.4. The van der Waals surface area contributed by atoms with Crippen molar-refractivity contribution < 1.29 is 9.47 Å². The molecule has 0 aromatic carbocycles. The first-order chi connectivity index (χ1) is 6.27. The summed E-state index contributed by atoms with van der Waals surface area (Å²) in [5.41, 5.74) is 5.55. The Morgan fingerprint density at radius 3 is 2.92 bits per heavy atom. The highest BCUT2D eigenvalue weighted by Gasteiger charge is 2.21. The third-order valence-corrected chi connectivity index (χ3v) is 2.62. The van der Waals surface area contributed by atoms with Crippen molar-refractivity contribution in [2.45, 2.75) is 18.6 Å². The van der Waals surface area contributed by atoms with Gasteiger partial charge in [0.2, 0.25) is 0 Å². The maximum Gasteiger partial charge on any atom is 0.0820 e. The predicted octanol–water partition coefficient (Wildman–Crippen LogP) is -0.319. The zero-order valence-corrected chi connectivity index (χ0v) is 8.53. The smallest absolute Gasteiger partial charge is 0.0820 e. The molecule has 0 aliphatic carbocycles. The van der Waals surface area contributed by atoms with E-state index in [0.29, 0.717) is 12.6 Å². The summed E-state index contributed by atoms with van der Waals surface area (Å²) in [6.07, 6.45) is 1.27. The van der Waals surface area contributed by atoms with Crippen molar-refractivity contribution in [2.24, 2.45) is 5.73 Å². The standard InChI is InChI=1S/C9H20N2O2/c1-11(6-9(5-10)12-2)8-3-4-13-7-8/h8-9H,3-7,10H2,1-2H3. The van der Waals surface area contributed by atoms with Crippen LogP contribution in [0.4, 0.5) is 0 Å². The van der Waals surface area contributed by atoms with E-state index in [0.717, 1.165) is 26.2 Å². The third kappa shape index (κ3) is 3.23. The molecule has 1 fully saturated rings. The molecule has 1 heterocycles. The minimum Gasteiger partial charge on any atom is -0.380 e. The molecule has 1 aliphatic heterocycles. The maximum absolute atomic E-state index is 5.55. The maximum atomic E-state index is 5.55. The molecule has 1 saturated heterocycles. The molecule has 1 rings (SSSR count). The van der Waals surface area contributed by atoms with E-state index in [9.17, 15) is 0 Å². The molecule has 0 radical (unpaired) electrons. The molecular weight excluding hydrogens is 168 g/mol. The van der Waals surface area contributed by atoms with E-state index in [2.05, 4.69) is 11.9 Å². The SMILES string of the molecule is COC(CN)CN(C)C1CCOC1. The molecule has 0 aromatic rings. The number of hydrogen-bond donors (Lipinski definition) is 1. The van der Waals surface area contributed by atoms with Crippen molar-refractivity contribution >= 4 is 0 Å². The minimum atomic E-state index is 0.144. The number of likely N-dealkylation sites (N-methyl/N-ethyl adjacent to an activating group) is 1. The summed E-state index contributed by atoms with van der Waals surface area (Å²) in [6.45, 7) is 3.20. The van der Waals surface area contributed by atoms with Gasteiger partial charge >= 0.3 is 0 Å². The van der Waals surface area contributed by atoms with Crippen LogP contribution in [0.1, 0.15) is 6.42 Å². The molecule has 4 nitrogen and oxygen atoms in total. The largest absolute Gasteiger partial charge is 0.380 e. The quantitative estimate of drug-likeness (QED) is 0.642. The lowest BCUT2D eigenvalue weighted by atomic mass is 10.2. The van der Waals surface area contributed by atoms with Gasteiger partial charge in [-0.2, -0.15) is 0 Å². The van der Waals surface area contributed by atoms with Gasteiger partial charge in [-0.05, 0) is 13.5 Å². The first-order valence-corrected chi connectivity index (χ1v) is 4.78. The average Bonchev–Trinajstić information content (AvgIpc) is 2.66. The van der Waals surface area contributed by atoms with Crippen LogP contribution in [0.25, 0.3) is 0 Å². The van der Waals surface area contributed by atoms with E-state index in [4.69, 9.17) is 15.2 Å². The summed E-state index contributed by atoms with van der Waals surface area (Å²) in [4.78, 5) is 2.27. The van der Waals surface area contributed by atoms with Gasteiger partial charge in [0.25, 0.3) is 0 Å². The summed E-state index contributed by atoms with van der Waals surface area (Å²) in [5, 5.41) is 0. The van der Waals surface area contributed by atoms with Crippen molar-refractivity contribution in [3.05, 3.63) is 0 Å². The zero-order chi connectivity index (χ0) is 9.68. The summed E-state index contributed by atoms with van der Waals surface area (Å²) in [5.74, 6) is 0. The fourth-order valence-corrected chi connectivity index (χ4v) is 1.59. The van der Waals surface area contributed by atoms with Crippen LogP contribution in [-0.4, -0.2) is 57.5 Å². The summed E-state index contributed by atoms with van der Waals surface area (Å²) in [6, 6.07) is 0.546. The molecule has 2 N–H and O–H groups in total. The molecule has 0 saturated carbocycles. The summed E-state index contributed by atoms with van der Waals surface area (Å²) >= 11 is 0. The molecule has 78 valence electrons. The van der Waals surface area contributed by atoms with Gasteiger partial charge in [-0.25, -0.2) is 0 Å². The van der Waals surface area contributed by atoms with Crippen molar-refractivity contribution in [3.63, 3.8) is 0 Å². The first kappa shape index (κ1) is 10.9. The van der Waals surface area contributed by atoms with Gasteiger partial charge in [0.1, 0.15) is 0 Å². The number of rotatable bonds is 5. The monoisotopic (exact) mass is 188 g/mol. The Labute approximate surface area is 80.0 Å². The molecule has 1 aliphatic rings. The second kappa shape index (κ2) is 5.54. The molecule has 0 spiro atoms. The fraction of sp³-hybridized carbons (Fsp3) is 1.00. The molecule has 0 aromatic heterocycles. The molecule has 2 unspecified atom stereocenters. The van der Waals surface area contributed by atoms with Gasteiger partial charge in [-0.1, -0.05) is 0 Å².